The summed E-state index contributed by atoms with van der Waals surface area (Å²) in [7, 11) is 0. The third kappa shape index (κ3) is 2.71. The maximum atomic E-state index is 11.9. The van der Waals surface area contributed by atoms with Crippen molar-refractivity contribution in [1.82, 2.24) is 10.3 Å². The zero-order valence-corrected chi connectivity index (χ0v) is 11.0. The van der Waals surface area contributed by atoms with Crippen molar-refractivity contribution in [3.05, 3.63) is 10.6 Å². The van der Waals surface area contributed by atoms with Crippen LogP contribution in [0.4, 0.5) is 5.13 Å². The Kier molecular flexibility index (Phi) is 3.58. The van der Waals surface area contributed by atoms with Crippen LogP contribution >= 0.6 is 11.3 Å². The van der Waals surface area contributed by atoms with Gasteiger partial charge in [-0.1, -0.05) is 0 Å². The molecule has 1 saturated heterocycles. The molecule has 0 aromatic carbocycles. The molecule has 0 spiro atoms. The molecule has 2 aliphatic rings. The van der Waals surface area contributed by atoms with Gasteiger partial charge in [0.2, 0.25) is 5.91 Å². The van der Waals surface area contributed by atoms with Crippen molar-refractivity contribution in [3.8, 4) is 0 Å². The molecule has 2 heterocycles. The van der Waals surface area contributed by atoms with Crippen LogP contribution in [0.1, 0.15) is 23.4 Å². The summed E-state index contributed by atoms with van der Waals surface area (Å²) >= 11 is 1.62. The number of amides is 1. The number of carbonyl (C=O) groups excluding carboxylic acids is 1. The molecule has 1 amide bonds. The van der Waals surface area contributed by atoms with E-state index in [-0.39, 0.29) is 11.9 Å². The number of carbonyl (C=O) groups is 1. The topological polar surface area (TPSA) is 63.2 Å². The van der Waals surface area contributed by atoms with Crippen LogP contribution < -0.4 is 10.6 Å². The number of fused-ring (bicyclic) bond motifs is 1. The first kappa shape index (κ1) is 12.1. The summed E-state index contributed by atoms with van der Waals surface area (Å²) < 4.78 is 5.33. The van der Waals surface area contributed by atoms with E-state index in [9.17, 15) is 4.79 Å². The molecule has 0 bridgehead atoms. The van der Waals surface area contributed by atoms with Gasteiger partial charge in [0.05, 0.1) is 18.9 Å². The first-order valence-corrected chi connectivity index (χ1v) is 7.22. The zero-order valence-electron chi connectivity index (χ0n) is 10.2. The van der Waals surface area contributed by atoms with Crippen LogP contribution in [-0.4, -0.2) is 36.7 Å². The standard InChI is InChI=1S/C12H17N3O2S/c16-11(6-8-7-17-5-4-13-8)15-12-14-9-2-1-3-10(9)18-12/h8,13H,1-7H2,(H,14,15,16). The second kappa shape index (κ2) is 5.34. The zero-order chi connectivity index (χ0) is 12.4. The fourth-order valence-electron chi connectivity index (χ4n) is 2.39. The van der Waals surface area contributed by atoms with Gasteiger partial charge in [0.1, 0.15) is 0 Å². The van der Waals surface area contributed by atoms with Crippen molar-refractivity contribution in [3.63, 3.8) is 0 Å². The molecule has 1 aliphatic carbocycles. The smallest absolute Gasteiger partial charge is 0.227 e. The second-order valence-corrected chi connectivity index (χ2v) is 5.80. The number of ether oxygens (including phenoxy) is 1. The molecule has 1 aliphatic heterocycles. The van der Waals surface area contributed by atoms with Crippen molar-refractivity contribution >= 4 is 22.4 Å². The summed E-state index contributed by atoms with van der Waals surface area (Å²) in [6.45, 7) is 2.17. The van der Waals surface area contributed by atoms with Crippen molar-refractivity contribution in [1.29, 1.82) is 0 Å². The lowest BCUT2D eigenvalue weighted by Gasteiger charge is -2.22. The number of hydrogen-bond donors (Lipinski definition) is 2. The Morgan fingerprint density at radius 1 is 1.56 bits per heavy atom. The maximum Gasteiger partial charge on any atom is 0.227 e. The van der Waals surface area contributed by atoms with Crippen LogP contribution in [0.3, 0.4) is 0 Å². The number of aryl methyl sites for hydroxylation is 2. The molecule has 0 saturated carbocycles. The van der Waals surface area contributed by atoms with Gasteiger partial charge >= 0.3 is 0 Å². The molecule has 1 aromatic rings. The first-order chi connectivity index (χ1) is 8.81. The molecule has 1 unspecified atom stereocenters. The summed E-state index contributed by atoms with van der Waals surface area (Å²) in [5.41, 5.74) is 1.18. The summed E-state index contributed by atoms with van der Waals surface area (Å²) in [5.74, 6) is 0.0189. The number of rotatable bonds is 3. The molecule has 1 fully saturated rings. The molecule has 5 nitrogen and oxygen atoms in total. The third-order valence-corrected chi connectivity index (χ3v) is 4.35. The fourth-order valence-corrected chi connectivity index (χ4v) is 3.45. The maximum absolute atomic E-state index is 11.9. The predicted molar refractivity (Wildman–Crippen MR) is 70.0 cm³/mol. The van der Waals surface area contributed by atoms with E-state index < -0.39 is 0 Å². The Morgan fingerprint density at radius 3 is 3.28 bits per heavy atom. The van der Waals surface area contributed by atoms with E-state index in [1.54, 1.807) is 11.3 Å². The Labute approximate surface area is 110 Å². The van der Waals surface area contributed by atoms with Gasteiger partial charge in [-0.2, -0.15) is 0 Å². The number of nitrogens with one attached hydrogen (secondary N) is 2. The van der Waals surface area contributed by atoms with Gasteiger partial charge in [0, 0.05) is 23.9 Å². The number of aromatic nitrogens is 1. The molecule has 2 N–H and O–H groups in total. The molecule has 1 aromatic heterocycles. The summed E-state index contributed by atoms with van der Waals surface area (Å²) in [6, 6.07) is 0.130. The van der Waals surface area contributed by atoms with E-state index in [2.05, 4.69) is 15.6 Å². The first-order valence-electron chi connectivity index (χ1n) is 6.41. The predicted octanol–water partition coefficient (Wildman–Crippen LogP) is 0.949. The number of hydrogen-bond acceptors (Lipinski definition) is 5. The average molecular weight is 267 g/mol. The minimum Gasteiger partial charge on any atom is -0.378 e. The van der Waals surface area contributed by atoms with Gasteiger partial charge in [-0.05, 0) is 19.3 Å². The Hall–Kier alpha value is -0.980. The van der Waals surface area contributed by atoms with Crippen LogP contribution in [0, 0.1) is 0 Å². The highest BCUT2D eigenvalue weighted by Gasteiger charge is 2.20. The van der Waals surface area contributed by atoms with E-state index >= 15 is 0 Å². The van der Waals surface area contributed by atoms with Gasteiger partial charge in [-0.25, -0.2) is 4.98 Å². The molecule has 6 heteroatoms. The van der Waals surface area contributed by atoms with Crippen molar-refractivity contribution < 1.29 is 9.53 Å². The lowest BCUT2D eigenvalue weighted by molar-refractivity contribution is -0.117. The second-order valence-electron chi connectivity index (χ2n) is 4.72. The van der Waals surface area contributed by atoms with Gasteiger partial charge in [0.15, 0.2) is 5.13 Å². The van der Waals surface area contributed by atoms with Crippen molar-refractivity contribution in [2.45, 2.75) is 31.7 Å². The highest BCUT2D eigenvalue weighted by atomic mass is 32.1. The molecular weight excluding hydrogens is 250 g/mol. The van der Waals surface area contributed by atoms with E-state index in [4.69, 9.17) is 4.74 Å². The molecule has 3 rings (SSSR count). The Balaban J connectivity index is 1.53. The van der Waals surface area contributed by atoms with Crippen molar-refractivity contribution in [2.75, 3.05) is 25.1 Å². The molecule has 98 valence electrons. The van der Waals surface area contributed by atoms with Gasteiger partial charge in [0.25, 0.3) is 0 Å². The quantitative estimate of drug-likeness (QED) is 0.856. The van der Waals surface area contributed by atoms with Crippen LogP contribution in [-0.2, 0) is 22.4 Å². The highest BCUT2D eigenvalue weighted by molar-refractivity contribution is 7.15. The number of nitrogens with zero attached hydrogens (tertiary/aromatic N) is 1. The van der Waals surface area contributed by atoms with Crippen LogP contribution in [0.5, 0.6) is 0 Å². The lowest BCUT2D eigenvalue weighted by atomic mass is 10.2. The van der Waals surface area contributed by atoms with Gasteiger partial charge in [-0.3, -0.25) is 4.79 Å². The Bertz CT molecular complexity index is 419. The van der Waals surface area contributed by atoms with Gasteiger partial charge in [-0.15, -0.1) is 11.3 Å². The molecular formula is C12H17N3O2S. The van der Waals surface area contributed by atoms with Gasteiger partial charge < -0.3 is 15.4 Å². The van der Waals surface area contributed by atoms with E-state index in [0.717, 1.165) is 31.1 Å². The summed E-state index contributed by atoms with van der Waals surface area (Å²) in [6.07, 6.45) is 3.82. The number of anilines is 1. The van der Waals surface area contributed by atoms with E-state index in [1.807, 2.05) is 0 Å². The minimum absolute atomic E-state index is 0.0189. The molecule has 0 radical (unpaired) electrons. The van der Waals surface area contributed by atoms with Crippen LogP contribution in [0.2, 0.25) is 0 Å². The monoisotopic (exact) mass is 267 g/mol. The summed E-state index contributed by atoms with van der Waals surface area (Å²) in [5, 5.41) is 6.91. The van der Waals surface area contributed by atoms with Crippen LogP contribution in [0.15, 0.2) is 0 Å². The number of thiazole rings is 1. The largest absolute Gasteiger partial charge is 0.378 e. The van der Waals surface area contributed by atoms with E-state index in [1.165, 1.54) is 17.0 Å². The number of morpholine rings is 1. The summed E-state index contributed by atoms with van der Waals surface area (Å²) in [4.78, 5) is 17.7. The minimum atomic E-state index is 0.0189. The molecule has 18 heavy (non-hydrogen) atoms. The highest BCUT2D eigenvalue weighted by Crippen LogP contribution is 2.30. The van der Waals surface area contributed by atoms with Crippen LogP contribution in [0.25, 0.3) is 0 Å². The third-order valence-electron chi connectivity index (χ3n) is 3.27. The molecule has 1 atom stereocenters. The lowest BCUT2D eigenvalue weighted by Crippen LogP contribution is -2.43. The van der Waals surface area contributed by atoms with E-state index in [0.29, 0.717) is 13.0 Å². The normalized spacial score (nSPS) is 22.8. The SMILES string of the molecule is O=C(CC1COCCN1)Nc1nc2c(s1)CCC2. The fraction of sp³-hybridized carbons (Fsp3) is 0.667. The average Bonchev–Trinajstić information content (AvgIpc) is 2.90. The van der Waals surface area contributed by atoms with Crippen molar-refractivity contribution in [2.24, 2.45) is 0 Å². The Morgan fingerprint density at radius 2 is 2.50 bits per heavy atom.